The molecule has 0 bridgehead atoms. The summed E-state index contributed by atoms with van der Waals surface area (Å²) in [5, 5.41) is 12.0. The van der Waals surface area contributed by atoms with Gasteiger partial charge in [0.05, 0.1) is 12.5 Å². The summed E-state index contributed by atoms with van der Waals surface area (Å²) in [4.78, 5) is 24.0. The van der Waals surface area contributed by atoms with Gasteiger partial charge in [0, 0.05) is 10.4 Å². The lowest BCUT2D eigenvalue weighted by Crippen LogP contribution is -2.32. The van der Waals surface area contributed by atoms with Crippen LogP contribution in [0.25, 0.3) is 11.1 Å². The van der Waals surface area contributed by atoms with E-state index in [1.807, 2.05) is 49.4 Å². The topological polar surface area (TPSA) is 75.6 Å². The van der Waals surface area contributed by atoms with Gasteiger partial charge in [0.25, 0.3) is 0 Å². The van der Waals surface area contributed by atoms with Gasteiger partial charge in [-0.2, -0.15) is 0 Å². The fourth-order valence-electron chi connectivity index (χ4n) is 4.11. The quantitative estimate of drug-likeness (QED) is 0.467. The largest absolute Gasteiger partial charge is 0.481 e. The maximum Gasteiger partial charge on any atom is 0.407 e. The molecule has 2 N–H and O–H groups in total. The van der Waals surface area contributed by atoms with E-state index in [1.54, 1.807) is 0 Å². The molecule has 0 fully saturated rings. The SMILES string of the molecule is Cc1ccc(C(CC(=O)O)NC(=O)OCC2c3ccccc3-c3ccccc32)c(Br)c1. The van der Waals surface area contributed by atoms with E-state index in [0.29, 0.717) is 5.56 Å². The average Bonchev–Trinajstić information content (AvgIpc) is 3.05. The zero-order valence-electron chi connectivity index (χ0n) is 17.0. The van der Waals surface area contributed by atoms with Crippen molar-refractivity contribution in [3.63, 3.8) is 0 Å². The highest BCUT2D eigenvalue weighted by Gasteiger charge is 2.29. The Kier molecular flexibility index (Phi) is 6.09. The minimum atomic E-state index is -1.00. The zero-order chi connectivity index (χ0) is 22.0. The molecule has 0 heterocycles. The molecule has 158 valence electrons. The van der Waals surface area contributed by atoms with E-state index in [-0.39, 0.29) is 18.9 Å². The molecule has 0 radical (unpaired) electrons. The molecule has 1 aliphatic carbocycles. The smallest absolute Gasteiger partial charge is 0.407 e. The van der Waals surface area contributed by atoms with Gasteiger partial charge in [-0.25, -0.2) is 4.79 Å². The van der Waals surface area contributed by atoms with Crippen LogP contribution in [0.5, 0.6) is 0 Å². The number of amides is 1. The van der Waals surface area contributed by atoms with Crippen molar-refractivity contribution in [1.82, 2.24) is 5.32 Å². The van der Waals surface area contributed by atoms with Gasteiger partial charge in [-0.1, -0.05) is 76.6 Å². The zero-order valence-corrected chi connectivity index (χ0v) is 18.6. The van der Waals surface area contributed by atoms with Crippen LogP contribution in [0.3, 0.4) is 0 Å². The number of carbonyl (C=O) groups is 2. The summed E-state index contributed by atoms with van der Waals surface area (Å²) in [7, 11) is 0. The van der Waals surface area contributed by atoms with E-state index in [9.17, 15) is 14.7 Å². The number of fused-ring (bicyclic) bond motifs is 3. The number of hydrogen-bond acceptors (Lipinski definition) is 3. The normalized spacial score (nSPS) is 13.2. The Morgan fingerprint density at radius 1 is 1.03 bits per heavy atom. The molecular weight excluding hydrogens is 458 g/mol. The molecule has 0 aliphatic heterocycles. The maximum absolute atomic E-state index is 12.6. The number of alkyl carbamates (subject to hydrolysis) is 1. The molecule has 0 saturated heterocycles. The second kappa shape index (κ2) is 8.94. The number of carboxylic acid groups (broad SMARTS) is 1. The molecule has 0 saturated carbocycles. The van der Waals surface area contributed by atoms with Crippen molar-refractivity contribution in [2.75, 3.05) is 6.61 Å². The Morgan fingerprint density at radius 2 is 1.65 bits per heavy atom. The summed E-state index contributed by atoms with van der Waals surface area (Å²) in [5.74, 6) is -1.06. The first-order valence-corrected chi connectivity index (χ1v) is 10.8. The van der Waals surface area contributed by atoms with E-state index in [2.05, 4.69) is 45.5 Å². The lowest BCUT2D eigenvalue weighted by molar-refractivity contribution is -0.137. The van der Waals surface area contributed by atoms with Crippen LogP contribution in [0.15, 0.2) is 71.2 Å². The van der Waals surface area contributed by atoms with Crippen molar-refractivity contribution >= 4 is 28.0 Å². The Hall–Kier alpha value is -3.12. The second-order valence-corrected chi connectivity index (χ2v) is 8.50. The highest BCUT2D eigenvalue weighted by molar-refractivity contribution is 9.10. The first kappa shape index (κ1) is 21.1. The summed E-state index contributed by atoms with van der Waals surface area (Å²) in [5.41, 5.74) is 6.28. The molecule has 3 aromatic rings. The van der Waals surface area contributed by atoms with Crippen LogP contribution in [0, 0.1) is 6.92 Å². The number of aryl methyl sites for hydroxylation is 1. The number of carbonyl (C=O) groups excluding carboxylic acids is 1. The fourth-order valence-corrected chi connectivity index (χ4v) is 4.88. The molecule has 1 unspecified atom stereocenters. The highest BCUT2D eigenvalue weighted by Crippen LogP contribution is 2.44. The predicted molar refractivity (Wildman–Crippen MR) is 122 cm³/mol. The first-order valence-electron chi connectivity index (χ1n) is 10.0. The Morgan fingerprint density at radius 3 is 2.23 bits per heavy atom. The number of rotatable bonds is 6. The third kappa shape index (κ3) is 4.49. The first-order chi connectivity index (χ1) is 14.9. The van der Waals surface area contributed by atoms with Crippen LogP contribution in [-0.2, 0) is 9.53 Å². The second-order valence-electron chi connectivity index (χ2n) is 7.65. The molecule has 4 rings (SSSR count). The summed E-state index contributed by atoms with van der Waals surface area (Å²) in [6.07, 6.45) is -0.883. The van der Waals surface area contributed by atoms with Crippen LogP contribution in [0.2, 0.25) is 0 Å². The predicted octanol–water partition coefficient (Wildman–Crippen LogP) is 5.81. The molecule has 6 heteroatoms. The van der Waals surface area contributed by atoms with E-state index in [1.165, 1.54) is 0 Å². The van der Waals surface area contributed by atoms with Crippen molar-refractivity contribution in [2.45, 2.75) is 25.3 Å². The number of hydrogen-bond donors (Lipinski definition) is 2. The lowest BCUT2D eigenvalue weighted by Gasteiger charge is -2.20. The van der Waals surface area contributed by atoms with Crippen molar-refractivity contribution in [2.24, 2.45) is 0 Å². The number of benzene rings is 3. The molecule has 1 amide bonds. The van der Waals surface area contributed by atoms with Gasteiger partial charge in [0.2, 0.25) is 0 Å². The minimum Gasteiger partial charge on any atom is -0.481 e. The van der Waals surface area contributed by atoms with Gasteiger partial charge in [0.1, 0.15) is 6.61 Å². The number of ether oxygens (including phenoxy) is 1. The summed E-state index contributed by atoms with van der Waals surface area (Å²) in [6, 6.07) is 21.1. The van der Waals surface area contributed by atoms with E-state index < -0.39 is 18.1 Å². The van der Waals surface area contributed by atoms with Crippen LogP contribution in [-0.4, -0.2) is 23.8 Å². The van der Waals surface area contributed by atoms with Crippen molar-refractivity contribution in [3.05, 3.63) is 93.5 Å². The summed E-state index contributed by atoms with van der Waals surface area (Å²) < 4.78 is 6.33. The van der Waals surface area contributed by atoms with Gasteiger partial charge in [0.15, 0.2) is 0 Å². The monoisotopic (exact) mass is 479 g/mol. The molecule has 1 aliphatic rings. The third-order valence-electron chi connectivity index (χ3n) is 5.55. The number of nitrogens with one attached hydrogen (secondary N) is 1. The molecule has 0 aromatic heterocycles. The number of halogens is 1. The third-order valence-corrected chi connectivity index (χ3v) is 6.23. The summed E-state index contributed by atoms with van der Waals surface area (Å²) >= 11 is 3.47. The standard InChI is InChI=1S/C25H22BrNO4/c1-15-10-11-20(22(26)12-15)23(13-24(28)29)27-25(30)31-14-21-18-8-4-2-6-16(18)17-7-3-5-9-19(17)21/h2-12,21,23H,13-14H2,1H3,(H,27,30)(H,28,29). The number of aliphatic carboxylic acids is 1. The molecule has 5 nitrogen and oxygen atoms in total. The van der Waals surface area contributed by atoms with Crippen LogP contribution < -0.4 is 5.32 Å². The average molecular weight is 480 g/mol. The van der Waals surface area contributed by atoms with Gasteiger partial charge in [-0.15, -0.1) is 0 Å². The van der Waals surface area contributed by atoms with Crippen LogP contribution in [0.4, 0.5) is 4.79 Å². The lowest BCUT2D eigenvalue weighted by atomic mass is 9.98. The Bertz CT molecular complexity index is 1100. The highest BCUT2D eigenvalue weighted by atomic mass is 79.9. The molecule has 3 aromatic carbocycles. The Labute approximate surface area is 189 Å². The fraction of sp³-hybridized carbons (Fsp3) is 0.200. The molecule has 0 spiro atoms. The van der Waals surface area contributed by atoms with Gasteiger partial charge in [-0.05, 0) is 46.4 Å². The van der Waals surface area contributed by atoms with Crippen molar-refractivity contribution in [1.29, 1.82) is 0 Å². The maximum atomic E-state index is 12.6. The van der Waals surface area contributed by atoms with Crippen molar-refractivity contribution in [3.8, 4) is 11.1 Å². The Balaban J connectivity index is 1.50. The van der Waals surface area contributed by atoms with E-state index >= 15 is 0 Å². The van der Waals surface area contributed by atoms with Crippen LogP contribution >= 0.6 is 15.9 Å². The van der Waals surface area contributed by atoms with Gasteiger partial charge in [-0.3, -0.25) is 4.79 Å². The van der Waals surface area contributed by atoms with E-state index in [4.69, 9.17) is 4.74 Å². The van der Waals surface area contributed by atoms with Crippen molar-refractivity contribution < 1.29 is 19.4 Å². The van der Waals surface area contributed by atoms with E-state index in [0.717, 1.165) is 32.3 Å². The van der Waals surface area contributed by atoms with Gasteiger partial charge >= 0.3 is 12.1 Å². The molecule has 1 atom stereocenters. The van der Waals surface area contributed by atoms with Crippen LogP contribution in [0.1, 0.15) is 40.6 Å². The molecular formula is C25H22BrNO4. The number of carboxylic acids is 1. The summed E-state index contributed by atoms with van der Waals surface area (Å²) in [6.45, 7) is 2.12. The minimum absolute atomic E-state index is 0.0535. The molecule has 31 heavy (non-hydrogen) atoms. The van der Waals surface area contributed by atoms with Gasteiger partial charge < -0.3 is 15.2 Å².